The molecule has 110 valence electrons. The molecule has 1 aromatic heterocycles. The first kappa shape index (κ1) is 13.9. The Morgan fingerprint density at radius 2 is 2.00 bits per heavy atom. The average Bonchev–Trinajstić information content (AvgIpc) is 3.26. The van der Waals surface area contributed by atoms with E-state index in [9.17, 15) is 4.79 Å². The van der Waals surface area contributed by atoms with Crippen molar-refractivity contribution in [3.8, 4) is 11.5 Å². The van der Waals surface area contributed by atoms with Crippen LogP contribution in [-0.4, -0.2) is 17.6 Å². The number of carbonyl (C=O) groups excluding carboxylic acids is 1. The van der Waals surface area contributed by atoms with E-state index >= 15 is 0 Å². The molecule has 21 heavy (non-hydrogen) atoms. The van der Waals surface area contributed by atoms with Crippen LogP contribution in [0.2, 0.25) is 0 Å². The highest BCUT2D eigenvalue weighted by Gasteiger charge is 2.34. The van der Waals surface area contributed by atoms with Gasteiger partial charge >= 0.3 is 5.97 Å². The van der Waals surface area contributed by atoms with Crippen molar-refractivity contribution in [3.63, 3.8) is 0 Å². The van der Waals surface area contributed by atoms with Crippen molar-refractivity contribution in [3.05, 3.63) is 41.3 Å². The first-order chi connectivity index (χ1) is 10.2. The normalized spacial score (nSPS) is 14.2. The molecular formula is C17H19NO3. The predicted octanol–water partition coefficient (Wildman–Crippen LogP) is 3.96. The maximum Gasteiger partial charge on any atom is 0.376 e. The van der Waals surface area contributed by atoms with Crippen LogP contribution in [0.5, 0.6) is 0 Å². The molecule has 2 aromatic rings. The number of hydrogen-bond acceptors (Lipinski definition) is 4. The first-order valence-electron chi connectivity index (χ1n) is 7.50. The van der Waals surface area contributed by atoms with Crippen molar-refractivity contribution >= 4 is 5.97 Å². The van der Waals surface area contributed by atoms with Gasteiger partial charge in [-0.3, -0.25) is 0 Å². The number of ether oxygens (including phenoxy) is 1. The predicted molar refractivity (Wildman–Crippen MR) is 79.2 cm³/mol. The number of aromatic nitrogens is 1. The summed E-state index contributed by atoms with van der Waals surface area (Å²) in [6.45, 7) is 4.24. The van der Waals surface area contributed by atoms with Crippen molar-refractivity contribution < 1.29 is 13.9 Å². The number of aryl methyl sites for hydroxylation is 1. The molecule has 0 atom stereocenters. The van der Waals surface area contributed by atoms with E-state index < -0.39 is 5.97 Å². The van der Waals surface area contributed by atoms with Gasteiger partial charge in [0.1, 0.15) is 0 Å². The van der Waals surface area contributed by atoms with Crippen LogP contribution in [0.25, 0.3) is 11.5 Å². The summed E-state index contributed by atoms with van der Waals surface area (Å²) in [5.41, 5.74) is 2.91. The van der Waals surface area contributed by atoms with Crippen molar-refractivity contribution in [2.45, 2.75) is 39.0 Å². The Balaban J connectivity index is 1.95. The number of oxazole rings is 1. The summed E-state index contributed by atoms with van der Waals surface area (Å²) < 4.78 is 10.8. The van der Waals surface area contributed by atoms with Gasteiger partial charge in [-0.05, 0) is 43.9 Å². The SMILES string of the molecule is CCOC(=O)c1oc(-c2ccc(CC)cc2)nc1C1CC1. The number of rotatable bonds is 5. The molecule has 1 fully saturated rings. The van der Waals surface area contributed by atoms with Crippen molar-refractivity contribution in [2.75, 3.05) is 6.61 Å². The minimum Gasteiger partial charge on any atom is -0.460 e. The van der Waals surface area contributed by atoms with E-state index in [0.717, 1.165) is 30.5 Å². The molecule has 1 aliphatic carbocycles. The van der Waals surface area contributed by atoms with Crippen molar-refractivity contribution in [2.24, 2.45) is 0 Å². The van der Waals surface area contributed by atoms with Gasteiger partial charge in [0.05, 0.1) is 12.3 Å². The van der Waals surface area contributed by atoms with Crippen molar-refractivity contribution in [1.82, 2.24) is 4.98 Å². The second-order valence-electron chi connectivity index (χ2n) is 5.28. The van der Waals surface area contributed by atoms with Gasteiger partial charge in [0, 0.05) is 11.5 Å². The fourth-order valence-electron chi connectivity index (χ4n) is 2.31. The van der Waals surface area contributed by atoms with Gasteiger partial charge in [-0.25, -0.2) is 9.78 Å². The fraction of sp³-hybridized carbons (Fsp3) is 0.412. The second-order valence-corrected chi connectivity index (χ2v) is 5.28. The molecule has 0 aliphatic heterocycles. The van der Waals surface area contributed by atoms with E-state index in [1.54, 1.807) is 6.92 Å². The summed E-state index contributed by atoms with van der Waals surface area (Å²) in [5, 5.41) is 0. The molecule has 1 aromatic carbocycles. The van der Waals surface area contributed by atoms with Gasteiger partial charge in [-0.15, -0.1) is 0 Å². The Kier molecular flexibility index (Phi) is 3.78. The lowest BCUT2D eigenvalue weighted by Gasteiger charge is -1.99. The number of benzene rings is 1. The zero-order valence-electron chi connectivity index (χ0n) is 12.4. The minimum absolute atomic E-state index is 0.272. The summed E-state index contributed by atoms with van der Waals surface area (Å²) in [6, 6.07) is 8.08. The van der Waals surface area contributed by atoms with Gasteiger partial charge < -0.3 is 9.15 Å². The van der Waals surface area contributed by atoms with Crippen LogP contribution in [0.4, 0.5) is 0 Å². The number of esters is 1. The Bertz CT molecular complexity index is 639. The largest absolute Gasteiger partial charge is 0.460 e. The molecule has 0 unspecified atom stereocenters. The zero-order chi connectivity index (χ0) is 14.8. The molecule has 0 bridgehead atoms. The Labute approximate surface area is 124 Å². The summed E-state index contributed by atoms with van der Waals surface area (Å²) in [7, 11) is 0. The lowest BCUT2D eigenvalue weighted by molar-refractivity contribution is 0.0489. The third kappa shape index (κ3) is 2.84. The lowest BCUT2D eigenvalue weighted by atomic mass is 10.1. The van der Waals surface area contributed by atoms with E-state index in [-0.39, 0.29) is 5.76 Å². The van der Waals surface area contributed by atoms with Crippen LogP contribution in [-0.2, 0) is 11.2 Å². The smallest absolute Gasteiger partial charge is 0.376 e. The lowest BCUT2D eigenvalue weighted by Crippen LogP contribution is -2.05. The summed E-state index contributed by atoms with van der Waals surface area (Å²) in [5.74, 6) is 0.705. The van der Waals surface area contributed by atoms with E-state index in [1.165, 1.54) is 5.56 Å². The van der Waals surface area contributed by atoms with E-state index in [4.69, 9.17) is 9.15 Å². The van der Waals surface area contributed by atoms with Crippen LogP contribution in [0.3, 0.4) is 0 Å². The Hall–Kier alpha value is -2.10. The minimum atomic E-state index is -0.414. The fourth-order valence-corrected chi connectivity index (χ4v) is 2.31. The quantitative estimate of drug-likeness (QED) is 0.780. The summed E-state index contributed by atoms with van der Waals surface area (Å²) >= 11 is 0. The van der Waals surface area contributed by atoms with Gasteiger partial charge in [-0.2, -0.15) is 0 Å². The van der Waals surface area contributed by atoms with Crippen LogP contribution in [0.15, 0.2) is 28.7 Å². The van der Waals surface area contributed by atoms with E-state index in [1.807, 2.05) is 12.1 Å². The topological polar surface area (TPSA) is 52.3 Å². The summed E-state index contributed by atoms with van der Waals surface area (Å²) in [6.07, 6.45) is 3.12. The maximum atomic E-state index is 12.0. The van der Waals surface area contributed by atoms with E-state index in [2.05, 4.69) is 24.0 Å². The molecule has 4 nitrogen and oxygen atoms in total. The molecular weight excluding hydrogens is 266 g/mol. The van der Waals surface area contributed by atoms with Crippen LogP contribution < -0.4 is 0 Å². The molecule has 3 rings (SSSR count). The Morgan fingerprint density at radius 1 is 1.29 bits per heavy atom. The maximum absolute atomic E-state index is 12.0. The number of carbonyl (C=O) groups is 1. The highest BCUT2D eigenvalue weighted by atomic mass is 16.5. The molecule has 1 heterocycles. The van der Waals surface area contributed by atoms with Crippen LogP contribution in [0, 0.1) is 0 Å². The van der Waals surface area contributed by atoms with Gasteiger partial charge in [-0.1, -0.05) is 19.1 Å². The molecule has 4 heteroatoms. The van der Waals surface area contributed by atoms with E-state index in [0.29, 0.717) is 18.4 Å². The Morgan fingerprint density at radius 3 is 2.57 bits per heavy atom. The molecule has 0 radical (unpaired) electrons. The molecule has 1 saturated carbocycles. The average molecular weight is 285 g/mol. The molecule has 0 N–H and O–H groups in total. The standard InChI is InChI=1S/C17H19NO3/c1-3-11-5-7-13(8-6-11)16-18-14(12-9-10-12)15(21-16)17(19)20-4-2/h5-8,12H,3-4,9-10H2,1-2H3. The monoisotopic (exact) mass is 285 g/mol. The highest BCUT2D eigenvalue weighted by Crippen LogP contribution is 2.42. The molecule has 1 aliphatic rings. The highest BCUT2D eigenvalue weighted by molar-refractivity contribution is 5.88. The molecule has 0 amide bonds. The first-order valence-corrected chi connectivity index (χ1v) is 7.50. The van der Waals surface area contributed by atoms with Gasteiger partial charge in [0.15, 0.2) is 0 Å². The molecule has 0 saturated heterocycles. The van der Waals surface area contributed by atoms with Gasteiger partial charge in [0.2, 0.25) is 11.7 Å². The van der Waals surface area contributed by atoms with Crippen LogP contribution >= 0.6 is 0 Å². The van der Waals surface area contributed by atoms with Gasteiger partial charge in [0.25, 0.3) is 0 Å². The third-order valence-electron chi connectivity index (χ3n) is 3.69. The van der Waals surface area contributed by atoms with Crippen LogP contribution in [0.1, 0.15) is 54.4 Å². The summed E-state index contributed by atoms with van der Waals surface area (Å²) in [4.78, 5) is 16.5. The second kappa shape index (κ2) is 5.72. The zero-order valence-corrected chi connectivity index (χ0v) is 12.4. The van der Waals surface area contributed by atoms with Crippen molar-refractivity contribution in [1.29, 1.82) is 0 Å². The third-order valence-corrected chi connectivity index (χ3v) is 3.69. The molecule has 0 spiro atoms. The number of hydrogen-bond donors (Lipinski definition) is 0. The number of nitrogens with zero attached hydrogens (tertiary/aromatic N) is 1.